The summed E-state index contributed by atoms with van der Waals surface area (Å²) in [5, 5.41) is 5.19. The predicted octanol–water partition coefficient (Wildman–Crippen LogP) is 0.588. The molecule has 1 heterocycles. The van der Waals surface area contributed by atoms with Gasteiger partial charge in [-0.25, -0.2) is 0 Å². The summed E-state index contributed by atoms with van der Waals surface area (Å²) in [6.45, 7) is 3.85. The highest BCUT2D eigenvalue weighted by Crippen LogP contribution is 2.10. The van der Waals surface area contributed by atoms with E-state index in [9.17, 15) is 9.59 Å². The van der Waals surface area contributed by atoms with E-state index in [0.717, 1.165) is 38.7 Å². The maximum absolute atomic E-state index is 11.4. The molecule has 0 unspecified atom stereocenters. The molecule has 0 aromatic heterocycles. The molecule has 5 nitrogen and oxygen atoms in total. The highest BCUT2D eigenvalue weighted by atomic mass is 16.5. The summed E-state index contributed by atoms with van der Waals surface area (Å²) in [6.07, 6.45) is 5.15. The summed E-state index contributed by atoms with van der Waals surface area (Å²) in [6, 6.07) is 0. The van der Waals surface area contributed by atoms with Crippen molar-refractivity contribution in [2.45, 2.75) is 45.1 Å². The largest absolute Gasteiger partial charge is 0.376 e. The third-order valence-corrected chi connectivity index (χ3v) is 2.79. The number of rotatable bonds is 6. The van der Waals surface area contributed by atoms with Crippen molar-refractivity contribution in [3.8, 4) is 0 Å². The molecule has 0 aromatic carbocycles. The van der Waals surface area contributed by atoms with Crippen LogP contribution in [-0.2, 0) is 14.3 Å². The average Bonchev–Trinajstić information content (AvgIpc) is 2.84. The molecule has 0 spiro atoms. The van der Waals surface area contributed by atoms with Crippen molar-refractivity contribution in [2.75, 3.05) is 19.7 Å². The molecule has 17 heavy (non-hydrogen) atoms. The third kappa shape index (κ3) is 5.68. The van der Waals surface area contributed by atoms with Crippen LogP contribution in [0.2, 0.25) is 0 Å². The number of nitrogens with one attached hydrogen (secondary N) is 2. The number of ether oxygens (including phenoxy) is 1. The highest BCUT2D eigenvalue weighted by molar-refractivity contribution is 6.35. The van der Waals surface area contributed by atoms with E-state index >= 15 is 0 Å². The molecule has 1 aliphatic rings. The highest BCUT2D eigenvalue weighted by Gasteiger charge is 2.18. The van der Waals surface area contributed by atoms with Crippen LogP contribution in [0.1, 0.15) is 39.0 Å². The van der Waals surface area contributed by atoms with Gasteiger partial charge in [-0.3, -0.25) is 9.59 Å². The molecule has 1 atom stereocenters. The van der Waals surface area contributed by atoms with E-state index in [-0.39, 0.29) is 6.10 Å². The molecule has 0 radical (unpaired) electrons. The maximum atomic E-state index is 11.4. The molecule has 98 valence electrons. The van der Waals surface area contributed by atoms with Gasteiger partial charge in [-0.1, -0.05) is 19.8 Å². The smallest absolute Gasteiger partial charge is 0.309 e. The maximum Gasteiger partial charge on any atom is 0.309 e. The van der Waals surface area contributed by atoms with E-state index < -0.39 is 11.8 Å². The minimum absolute atomic E-state index is 0.0758. The lowest BCUT2D eigenvalue weighted by molar-refractivity contribution is -0.139. The van der Waals surface area contributed by atoms with Gasteiger partial charge in [0.2, 0.25) is 0 Å². The second-order valence-electron chi connectivity index (χ2n) is 4.31. The van der Waals surface area contributed by atoms with Crippen molar-refractivity contribution < 1.29 is 14.3 Å². The first-order valence-corrected chi connectivity index (χ1v) is 6.41. The number of carbonyl (C=O) groups is 2. The molecule has 0 saturated carbocycles. The van der Waals surface area contributed by atoms with Crippen LogP contribution in [-0.4, -0.2) is 37.6 Å². The lowest BCUT2D eigenvalue weighted by Gasteiger charge is -2.10. The molecule has 1 fully saturated rings. The van der Waals surface area contributed by atoms with Crippen LogP contribution in [0.5, 0.6) is 0 Å². The van der Waals surface area contributed by atoms with Crippen LogP contribution in [0.25, 0.3) is 0 Å². The van der Waals surface area contributed by atoms with Gasteiger partial charge >= 0.3 is 11.8 Å². The topological polar surface area (TPSA) is 67.4 Å². The van der Waals surface area contributed by atoms with Crippen molar-refractivity contribution in [1.82, 2.24) is 10.6 Å². The van der Waals surface area contributed by atoms with Crippen LogP contribution in [0.15, 0.2) is 0 Å². The van der Waals surface area contributed by atoms with Gasteiger partial charge in [0.15, 0.2) is 0 Å². The molecule has 0 aromatic rings. The quantitative estimate of drug-likeness (QED) is 0.529. The molecule has 1 aliphatic heterocycles. The second kappa shape index (κ2) is 8.06. The SMILES string of the molecule is CCCCCNC(=O)C(=O)NC[C@H]1CCCO1. The Kier molecular flexibility index (Phi) is 6.62. The lowest BCUT2D eigenvalue weighted by atomic mass is 10.2. The van der Waals surface area contributed by atoms with Gasteiger partial charge < -0.3 is 15.4 Å². The molecule has 0 aliphatic carbocycles. The number of unbranched alkanes of at least 4 members (excludes halogenated alkanes) is 2. The Morgan fingerprint density at radius 2 is 2.00 bits per heavy atom. The Hall–Kier alpha value is -1.10. The van der Waals surface area contributed by atoms with E-state index in [4.69, 9.17) is 4.74 Å². The first-order chi connectivity index (χ1) is 8.24. The van der Waals surface area contributed by atoms with Crippen molar-refractivity contribution in [3.05, 3.63) is 0 Å². The Bertz CT molecular complexity index is 250. The van der Waals surface area contributed by atoms with Crippen LogP contribution < -0.4 is 10.6 Å². The molecule has 1 saturated heterocycles. The van der Waals surface area contributed by atoms with Gasteiger partial charge in [-0.05, 0) is 19.3 Å². The van der Waals surface area contributed by atoms with Gasteiger partial charge in [0.05, 0.1) is 6.10 Å². The van der Waals surface area contributed by atoms with E-state index in [1.165, 1.54) is 0 Å². The standard InChI is InChI=1S/C12H22N2O3/c1-2-3-4-7-13-11(15)12(16)14-9-10-6-5-8-17-10/h10H,2-9H2,1H3,(H,13,15)(H,14,16)/t10-/m1/s1. The molecule has 5 heteroatoms. The summed E-state index contributed by atoms with van der Waals surface area (Å²) in [7, 11) is 0. The van der Waals surface area contributed by atoms with Crippen LogP contribution >= 0.6 is 0 Å². The monoisotopic (exact) mass is 242 g/mol. The van der Waals surface area contributed by atoms with E-state index in [1.54, 1.807) is 0 Å². The lowest BCUT2D eigenvalue weighted by Crippen LogP contribution is -2.42. The van der Waals surface area contributed by atoms with Crippen molar-refractivity contribution in [3.63, 3.8) is 0 Å². The Balaban J connectivity index is 2.07. The van der Waals surface area contributed by atoms with Crippen LogP contribution in [0, 0.1) is 0 Å². The van der Waals surface area contributed by atoms with E-state index in [0.29, 0.717) is 13.1 Å². The Labute approximate surface area is 102 Å². The second-order valence-corrected chi connectivity index (χ2v) is 4.31. The first kappa shape index (κ1) is 14.0. The molecule has 1 rings (SSSR count). The van der Waals surface area contributed by atoms with Crippen LogP contribution in [0.4, 0.5) is 0 Å². The fourth-order valence-electron chi connectivity index (χ4n) is 1.75. The molecular weight excluding hydrogens is 220 g/mol. The van der Waals surface area contributed by atoms with Gasteiger partial charge in [0.25, 0.3) is 0 Å². The number of carbonyl (C=O) groups excluding carboxylic acids is 2. The molecule has 0 bridgehead atoms. The summed E-state index contributed by atoms with van der Waals surface area (Å²) < 4.78 is 5.35. The Morgan fingerprint density at radius 3 is 2.65 bits per heavy atom. The minimum Gasteiger partial charge on any atom is -0.376 e. The fraction of sp³-hybridized carbons (Fsp3) is 0.833. The zero-order chi connectivity index (χ0) is 12.5. The van der Waals surface area contributed by atoms with E-state index in [1.807, 2.05) is 0 Å². The summed E-state index contributed by atoms with van der Waals surface area (Å²) in [5.41, 5.74) is 0. The molecular formula is C12H22N2O3. The van der Waals surface area contributed by atoms with Gasteiger partial charge in [-0.2, -0.15) is 0 Å². The number of hydrogen-bond donors (Lipinski definition) is 2. The van der Waals surface area contributed by atoms with Crippen molar-refractivity contribution in [1.29, 1.82) is 0 Å². The Morgan fingerprint density at radius 1 is 1.24 bits per heavy atom. The first-order valence-electron chi connectivity index (χ1n) is 6.41. The normalized spacial score (nSPS) is 19.0. The van der Waals surface area contributed by atoms with Gasteiger partial charge in [0, 0.05) is 19.7 Å². The van der Waals surface area contributed by atoms with Crippen LogP contribution in [0.3, 0.4) is 0 Å². The predicted molar refractivity (Wildman–Crippen MR) is 64.5 cm³/mol. The summed E-state index contributed by atoms with van der Waals surface area (Å²) in [4.78, 5) is 22.7. The third-order valence-electron chi connectivity index (χ3n) is 2.79. The molecule has 2 amide bonds. The summed E-state index contributed by atoms with van der Waals surface area (Å²) >= 11 is 0. The van der Waals surface area contributed by atoms with Crippen molar-refractivity contribution >= 4 is 11.8 Å². The average molecular weight is 242 g/mol. The minimum atomic E-state index is -0.558. The van der Waals surface area contributed by atoms with Gasteiger partial charge in [-0.15, -0.1) is 0 Å². The van der Waals surface area contributed by atoms with Gasteiger partial charge in [0.1, 0.15) is 0 Å². The number of hydrogen-bond acceptors (Lipinski definition) is 3. The fourth-order valence-corrected chi connectivity index (χ4v) is 1.75. The number of amides is 2. The van der Waals surface area contributed by atoms with E-state index in [2.05, 4.69) is 17.6 Å². The zero-order valence-corrected chi connectivity index (χ0v) is 10.5. The summed E-state index contributed by atoms with van der Waals surface area (Å²) in [5.74, 6) is -1.10. The molecule has 2 N–H and O–H groups in total. The van der Waals surface area contributed by atoms with Crippen molar-refractivity contribution in [2.24, 2.45) is 0 Å². The zero-order valence-electron chi connectivity index (χ0n) is 10.5.